The number of benzene rings is 1. The van der Waals surface area contributed by atoms with Crippen molar-refractivity contribution in [2.45, 2.75) is 45.0 Å². The summed E-state index contributed by atoms with van der Waals surface area (Å²) in [7, 11) is 0. The molecule has 1 aromatic carbocycles. The van der Waals surface area contributed by atoms with Crippen LogP contribution in [0.5, 0.6) is 0 Å². The summed E-state index contributed by atoms with van der Waals surface area (Å²) in [4.78, 5) is 35.4. The molecule has 1 N–H and O–H groups in total. The lowest BCUT2D eigenvalue weighted by Gasteiger charge is -2.22. The number of carbonyl (C=O) groups excluding carboxylic acids is 1. The molecule has 0 saturated heterocycles. The highest BCUT2D eigenvalue weighted by molar-refractivity contribution is 6.30. The number of hydrogen-bond donors (Lipinski definition) is 1. The number of carbonyl (C=O) groups is 1. The van der Waals surface area contributed by atoms with Crippen LogP contribution in [0.3, 0.4) is 0 Å². The normalized spacial score (nSPS) is 17.3. The van der Waals surface area contributed by atoms with Gasteiger partial charge in [-0.1, -0.05) is 30.2 Å². The number of pyridine rings is 1. The van der Waals surface area contributed by atoms with Gasteiger partial charge in [0.05, 0.1) is 53.2 Å². The second-order valence-corrected chi connectivity index (χ2v) is 11.1. The summed E-state index contributed by atoms with van der Waals surface area (Å²) in [6, 6.07) is 7.93. The number of hydrogen-bond acceptors (Lipinski definition) is 7. The van der Waals surface area contributed by atoms with Gasteiger partial charge in [0.2, 0.25) is 5.91 Å². The molecule has 17 heteroatoms. The van der Waals surface area contributed by atoms with Gasteiger partial charge in [0.25, 0.3) is 5.56 Å². The topological polar surface area (TPSA) is 125 Å². The zero-order chi connectivity index (χ0) is 32.7. The number of halogens is 6. The summed E-state index contributed by atoms with van der Waals surface area (Å²) in [6.07, 6.45) is 1.11. The maximum absolute atomic E-state index is 13.9. The van der Waals surface area contributed by atoms with Gasteiger partial charge in [-0.05, 0) is 43.2 Å². The highest BCUT2D eigenvalue weighted by Crippen LogP contribution is 2.35. The first kappa shape index (κ1) is 31.0. The van der Waals surface area contributed by atoms with E-state index in [0.717, 1.165) is 10.9 Å². The van der Waals surface area contributed by atoms with E-state index < -0.39 is 35.9 Å². The van der Waals surface area contributed by atoms with Crippen LogP contribution in [0.2, 0.25) is 5.02 Å². The molecule has 0 fully saturated rings. The van der Waals surface area contributed by atoms with Gasteiger partial charge in [-0.15, -0.1) is 5.10 Å². The van der Waals surface area contributed by atoms with E-state index in [1.807, 2.05) is 0 Å². The van der Waals surface area contributed by atoms with Crippen LogP contribution in [0.25, 0.3) is 28.2 Å². The Morgan fingerprint density at radius 2 is 1.87 bits per heavy atom. The van der Waals surface area contributed by atoms with Crippen molar-refractivity contribution in [1.29, 1.82) is 0 Å². The van der Waals surface area contributed by atoms with Gasteiger partial charge in [-0.3, -0.25) is 19.1 Å². The van der Waals surface area contributed by atoms with Crippen molar-refractivity contribution < 1.29 is 26.7 Å². The van der Waals surface area contributed by atoms with Gasteiger partial charge >= 0.3 is 12.7 Å². The lowest BCUT2D eigenvalue weighted by Crippen LogP contribution is -2.27. The van der Waals surface area contributed by atoms with Crippen molar-refractivity contribution in [1.82, 2.24) is 39.3 Å². The number of nitrogens with one attached hydrogen (secondary N) is 1. The fraction of sp³-hybridized carbons (Fsp3) is 0.276. The van der Waals surface area contributed by atoms with Gasteiger partial charge < -0.3 is 5.32 Å². The fourth-order valence-corrected chi connectivity index (χ4v) is 5.48. The number of anilines is 1. The molecule has 4 aromatic heterocycles. The average Bonchev–Trinajstić information content (AvgIpc) is 3.68. The zero-order valence-electron chi connectivity index (χ0n) is 23.8. The minimum absolute atomic E-state index is 0.0172. The molecule has 1 amide bonds. The minimum Gasteiger partial charge on any atom is -0.323 e. The Hall–Kier alpha value is -4.99. The van der Waals surface area contributed by atoms with Crippen molar-refractivity contribution in [2.75, 3.05) is 5.32 Å². The van der Waals surface area contributed by atoms with Gasteiger partial charge in [-0.2, -0.15) is 27.1 Å². The van der Waals surface area contributed by atoms with E-state index in [0.29, 0.717) is 41.4 Å². The second-order valence-electron chi connectivity index (χ2n) is 10.7. The molecule has 46 heavy (non-hydrogen) atoms. The van der Waals surface area contributed by atoms with Gasteiger partial charge in [0, 0.05) is 34.3 Å². The van der Waals surface area contributed by atoms with Crippen molar-refractivity contribution in [3.8, 4) is 28.2 Å². The Morgan fingerprint density at radius 1 is 1.07 bits per heavy atom. The van der Waals surface area contributed by atoms with E-state index in [1.165, 1.54) is 47.4 Å². The average molecular weight is 660 g/mol. The Balaban J connectivity index is 1.43. The van der Waals surface area contributed by atoms with Crippen LogP contribution >= 0.6 is 11.6 Å². The Bertz CT molecular complexity index is 1990. The van der Waals surface area contributed by atoms with Gasteiger partial charge in [0.15, 0.2) is 5.69 Å². The summed E-state index contributed by atoms with van der Waals surface area (Å²) < 4.78 is 70.2. The van der Waals surface area contributed by atoms with Crippen LogP contribution in [0, 0.1) is 5.92 Å². The first-order chi connectivity index (χ1) is 21.9. The van der Waals surface area contributed by atoms with E-state index in [9.17, 15) is 31.5 Å². The van der Waals surface area contributed by atoms with E-state index >= 15 is 0 Å². The molecule has 238 valence electrons. The van der Waals surface area contributed by atoms with Crippen LogP contribution in [0.4, 0.5) is 27.6 Å². The third-order valence-electron chi connectivity index (χ3n) is 7.63. The van der Waals surface area contributed by atoms with Gasteiger partial charge in [-0.25, -0.2) is 14.3 Å². The first-order valence-corrected chi connectivity index (χ1v) is 14.3. The van der Waals surface area contributed by atoms with E-state index in [4.69, 9.17) is 11.6 Å². The molecule has 2 atom stereocenters. The van der Waals surface area contributed by atoms with Crippen molar-refractivity contribution >= 4 is 23.2 Å². The van der Waals surface area contributed by atoms with E-state index in [2.05, 4.69) is 30.7 Å². The molecule has 1 aliphatic heterocycles. The molecule has 2 unspecified atom stereocenters. The number of fused-ring (bicyclic) bond motifs is 4. The second kappa shape index (κ2) is 12.1. The SMILES string of the molecule is CC1CCCC(n2cnc(-c3ccc(Cl)cc3-n3cc(C(F)(F)F)nn3)cc2=O)c2cc(ccn2)-c2c(cnn2C(F)F)NC1=O. The third-order valence-corrected chi connectivity index (χ3v) is 7.87. The Labute approximate surface area is 261 Å². The number of rotatable bonds is 4. The minimum atomic E-state index is -4.73. The van der Waals surface area contributed by atoms with Crippen LogP contribution in [-0.2, 0) is 11.0 Å². The van der Waals surface area contributed by atoms with Crippen LogP contribution in [0.1, 0.15) is 50.2 Å². The molecule has 11 nitrogen and oxygen atoms in total. The quantitative estimate of drug-likeness (QED) is 0.229. The lowest BCUT2D eigenvalue weighted by atomic mass is 9.97. The lowest BCUT2D eigenvalue weighted by molar-refractivity contribution is -0.141. The van der Waals surface area contributed by atoms with Crippen LogP contribution < -0.4 is 10.9 Å². The molecule has 1 aliphatic rings. The van der Waals surface area contributed by atoms with Crippen molar-refractivity contribution in [3.05, 3.63) is 88.1 Å². The molecule has 0 saturated carbocycles. The number of nitrogens with zero attached hydrogens (tertiary/aromatic N) is 8. The van der Waals surface area contributed by atoms with E-state index in [-0.39, 0.29) is 39.3 Å². The number of amides is 1. The largest absolute Gasteiger partial charge is 0.436 e. The predicted octanol–water partition coefficient (Wildman–Crippen LogP) is 6.16. The highest BCUT2D eigenvalue weighted by atomic mass is 35.5. The summed E-state index contributed by atoms with van der Waals surface area (Å²) in [6.45, 7) is -1.28. The summed E-state index contributed by atoms with van der Waals surface area (Å²) in [5.41, 5.74) is -0.453. The molecule has 2 bridgehead atoms. The standard InChI is InChI=1S/C29H23ClF5N9O2/c1-15-3-2-4-22(20-9-16(7-8-36-20)26-21(39-27(15)46)12-38-44(26)28(31)32)42-14-37-19(11-25(42)45)18-6-5-17(30)10-23(18)43-13-24(40-41-43)29(33,34)35/h5-15,22,28H,2-4H2,1H3,(H,39,46). The molecule has 0 aliphatic carbocycles. The molecular formula is C29H23ClF5N9O2. The summed E-state index contributed by atoms with van der Waals surface area (Å²) in [5, 5.41) is 13.5. The third kappa shape index (κ3) is 5.99. The number of aromatic nitrogens is 8. The smallest absolute Gasteiger partial charge is 0.323 e. The van der Waals surface area contributed by atoms with Crippen molar-refractivity contribution in [3.63, 3.8) is 0 Å². The maximum atomic E-state index is 13.9. The Kier molecular flexibility index (Phi) is 8.14. The molecule has 0 radical (unpaired) electrons. The molecule has 0 spiro atoms. The van der Waals surface area contributed by atoms with Crippen molar-refractivity contribution in [2.24, 2.45) is 5.92 Å². The Morgan fingerprint density at radius 3 is 2.59 bits per heavy atom. The van der Waals surface area contributed by atoms with Crippen LogP contribution in [0.15, 0.2) is 66.1 Å². The number of alkyl halides is 5. The summed E-state index contributed by atoms with van der Waals surface area (Å²) in [5.74, 6) is -0.845. The predicted molar refractivity (Wildman–Crippen MR) is 155 cm³/mol. The maximum Gasteiger partial charge on any atom is 0.436 e. The first-order valence-electron chi connectivity index (χ1n) is 13.9. The van der Waals surface area contributed by atoms with Crippen LogP contribution in [-0.4, -0.2) is 45.2 Å². The zero-order valence-corrected chi connectivity index (χ0v) is 24.5. The molecule has 5 aromatic rings. The van der Waals surface area contributed by atoms with Gasteiger partial charge in [0.1, 0.15) is 0 Å². The highest BCUT2D eigenvalue weighted by Gasteiger charge is 2.35. The van der Waals surface area contributed by atoms with E-state index in [1.54, 1.807) is 13.0 Å². The monoisotopic (exact) mass is 659 g/mol. The summed E-state index contributed by atoms with van der Waals surface area (Å²) >= 11 is 6.14. The molecule has 5 heterocycles. The fourth-order valence-electron chi connectivity index (χ4n) is 5.32. The molecule has 6 rings (SSSR count). The molecular weight excluding hydrogens is 637 g/mol.